The third kappa shape index (κ3) is 4.94. The number of hydrogen-bond donors (Lipinski definition) is 1. The normalized spacial score (nSPS) is 23.3. The molecule has 2 bridgehead atoms. The molecule has 0 aromatic carbocycles. The fourth-order valence-electron chi connectivity index (χ4n) is 5.96. The van der Waals surface area contributed by atoms with Crippen molar-refractivity contribution in [1.82, 2.24) is 29.9 Å². The first kappa shape index (κ1) is 25.6. The van der Waals surface area contributed by atoms with Crippen molar-refractivity contribution in [2.45, 2.75) is 37.8 Å². The lowest BCUT2D eigenvalue weighted by atomic mass is 9.86. The zero-order valence-corrected chi connectivity index (χ0v) is 23.0. The first-order chi connectivity index (χ1) is 19.1. The van der Waals surface area contributed by atoms with Crippen LogP contribution in [0.4, 0.5) is 5.82 Å². The number of nitrogens with one attached hydrogen (secondary N) is 1. The minimum absolute atomic E-state index is 0.0634. The minimum atomic E-state index is 0.0634. The van der Waals surface area contributed by atoms with E-state index in [0.29, 0.717) is 30.5 Å². The van der Waals surface area contributed by atoms with E-state index in [2.05, 4.69) is 61.9 Å². The number of fused-ring (bicyclic) bond motifs is 5. The molecule has 0 saturated carbocycles. The van der Waals surface area contributed by atoms with E-state index < -0.39 is 0 Å². The molecule has 0 spiro atoms. The van der Waals surface area contributed by atoms with Crippen LogP contribution in [0.15, 0.2) is 58.9 Å². The van der Waals surface area contributed by atoms with Crippen molar-refractivity contribution < 1.29 is 9.47 Å². The van der Waals surface area contributed by atoms with Crippen LogP contribution in [0.2, 0.25) is 0 Å². The second-order valence-electron chi connectivity index (χ2n) is 10.3. The number of aliphatic imine (C=N–C) groups is 1. The van der Waals surface area contributed by atoms with Crippen LogP contribution in [-0.4, -0.2) is 87.9 Å². The summed E-state index contributed by atoms with van der Waals surface area (Å²) >= 11 is 5.88. The van der Waals surface area contributed by atoms with E-state index in [4.69, 9.17) is 26.1 Å². The third-order valence-corrected chi connectivity index (χ3v) is 8.02. The van der Waals surface area contributed by atoms with Gasteiger partial charge in [0.15, 0.2) is 5.65 Å². The van der Waals surface area contributed by atoms with E-state index in [1.807, 2.05) is 29.4 Å². The van der Waals surface area contributed by atoms with Crippen LogP contribution in [-0.2, 0) is 9.47 Å². The molecule has 0 aliphatic carbocycles. The quantitative estimate of drug-likeness (QED) is 0.176. The number of piperidine rings is 1. The molecule has 1 N–H and O–H groups in total. The standard InChI is InChI=1S/C28H33ClN8O2/c1-18(4-7-26(30-2)38-3)14-36-20-10-21(36)16-35(15-20)25-6-5-19(12-31-25)23-11-22(39-9-8-29)17-37-27(23)24-13-32-33-28(24)34-37/h4-7,12-13,17,20-21,23H,2,8-11,14-16H2,1,3H3,(H,33,34)/b18-4+,26-7+. The average molecular weight is 549 g/mol. The highest BCUT2D eigenvalue weighted by molar-refractivity contribution is 6.18. The van der Waals surface area contributed by atoms with Crippen molar-refractivity contribution >= 4 is 41.4 Å². The Hall–Kier alpha value is -3.63. The van der Waals surface area contributed by atoms with Gasteiger partial charge in [0, 0.05) is 56.3 Å². The number of ether oxygens (including phenoxy) is 2. The van der Waals surface area contributed by atoms with E-state index >= 15 is 0 Å². The Morgan fingerprint density at radius 3 is 2.82 bits per heavy atom. The van der Waals surface area contributed by atoms with Crippen LogP contribution in [0, 0.1) is 0 Å². The van der Waals surface area contributed by atoms with E-state index in [1.54, 1.807) is 7.11 Å². The molecule has 4 aliphatic heterocycles. The van der Waals surface area contributed by atoms with Crippen molar-refractivity contribution in [1.29, 1.82) is 0 Å². The summed E-state index contributed by atoms with van der Waals surface area (Å²) in [4.78, 5) is 13.8. The van der Waals surface area contributed by atoms with Gasteiger partial charge in [0.1, 0.15) is 18.2 Å². The number of allylic oxidation sites excluding steroid dienone is 3. The molecular weight excluding hydrogens is 516 g/mol. The minimum Gasteiger partial charge on any atom is -0.495 e. The van der Waals surface area contributed by atoms with Gasteiger partial charge in [-0.25, -0.2) is 14.7 Å². The molecule has 3 fully saturated rings. The lowest BCUT2D eigenvalue weighted by molar-refractivity contribution is 0.00814. The van der Waals surface area contributed by atoms with Crippen molar-refractivity contribution in [3.8, 4) is 0 Å². The number of aromatic amines is 1. The van der Waals surface area contributed by atoms with Gasteiger partial charge in [-0.1, -0.05) is 17.7 Å². The van der Waals surface area contributed by atoms with Crippen molar-refractivity contribution in [2.24, 2.45) is 4.99 Å². The number of aromatic nitrogens is 5. The summed E-state index contributed by atoms with van der Waals surface area (Å²) in [5.41, 5.74) is 4.27. The molecule has 3 atom stereocenters. The molecule has 39 heavy (non-hydrogen) atoms. The predicted molar refractivity (Wildman–Crippen MR) is 153 cm³/mol. The SMILES string of the molecule is C=N/C(=C\C=C(/C)CN1C2CC1CN(c1ccc(C3CC(OCCCl)=Cn4nc5[nH]ncc5c43)cn1)C2)OC. The van der Waals surface area contributed by atoms with Crippen LogP contribution in [0.5, 0.6) is 0 Å². The van der Waals surface area contributed by atoms with Gasteiger partial charge in [-0.05, 0) is 31.7 Å². The van der Waals surface area contributed by atoms with Crippen LogP contribution >= 0.6 is 11.6 Å². The van der Waals surface area contributed by atoms with Gasteiger partial charge in [0.05, 0.1) is 36.5 Å². The number of hydrogen-bond acceptors (Lipinski definition) is 8. The van der Waals surface area contributed by atoms with Gasteiger partial charge in [-0.15, -0.1) is 16.7 Å². The first-order valence-electron chi connectivity index (χ1n) is 13.2. The van der Waals surface area contributed by atoms with Gasteiger partial charge in [-0.2, -0.15) is 5.10 Å². The number of piperazine rings is 1. The summed E-state index contributed by atoms with van der Waals surface area (Å²) in [6, 6.07) is 5.41. The van der Waals surface area contributed by atoms with Crippen LogP contribution in [0.1, 0.15) is 36.9 Å². The summed E-state index contributed by atoms with van der Waals surface area (Å²) < 4.78 is 13.0. The number of H-pyrrole nitrogens is 1. The van der Waals surface area contributed by atoms with Gasteiger partial charge in [0.2, 0.25) is 5.88 Å². The molecular formula is C28H33ClN8O2. The summed E-state index contributed by atoms with van der Waals surface area (Å²) in [5, 5.41) is 12.9. The Balaban J connectivity index is 1.15. The number of methoxy groups -OCH3 is 1. The molecule has 3 aromatic heterocycles. The molecule has 4 aliphatic rings. The number of halogens is 1. The highest BCUT2D eigenvalue weighted by atomic mass is 35.5. The molecule has 204 valence electrons. The van der Waals surface area contributed by atoms with Crippen molar-refractivity contribution in [3.63, 3.8) is 0 Å². The maximum Gasteiger partial charge on any atom is 0.212 e. The van der Waals surface area contributed by atoms with Gasteiger partial charge >= 0.3 is 0 Å². The predicted octanol–water partition coefficient (Wildman–Crippen LogP) is 4.14. The monoisotopic (exact) mass is 548 g/mol. The fraction of sp³-hybridized carbons (Fsp3) is 0.429. The smallest absolute Gasteiger partial charge is 0.212 e. The van der Waals surface area contributed by atoms with Crippen LogP contribution in [0.3, 0.4) is 0 Å². The lowest BCUT2D eigenvalue weighted by Crippen LogP contribution is -2.69. The van der Waals surface area contributed by atoms with Crippen molar-refractivity contribution in [3.05, 3.63) is 65.2 Å². The lowest BCUT2D eigenvalue weighted by Gasteiger charge is -2.57. The Morgan fingerprint density at radius 2 is 2.10 bits per heavy atom. The molecule has 0 amide bonds. The number of rotatable bonds is 10. The first-order valence-corrected chi connectivity index (χ1v) is 13.8. The third-order valence-electron chi connectivity index (χ3n) is 7.86. The van der Waals surface area contributed by atoms with Crippen LogP contribution in [0.25, 0.3) is 17.2 Å². The molecule has 10 nitrogen and oxygen atoms in total. The highest BCUT2D eigenvalue weighted by Crippen LogP contribution is 2.40. The molecule has 0 radical (unpaired) electrons. The van der Waals surface area contributed by atoms with E-state index in [9.17, 15) is 0 Å². The Morgan fingerprint density at radius 1 is 1.26 bits per heavy atom. The molecule has 3 saturated heterocycles. The summed E-state index contributed by atoms with van der Waals surface area (Å²) in [6.45, 7) is 9.05. The number of nitrogens with zero attached hydrogens (tertiary/aromatic N) is 7. The van der Waals surface area contributed by atoms with E-state index in [1.165, 1.54) is 12.0 Å². The zero-order valence-electron chi connectivity index (χ0n) is 22.3. The number of alkyl halides is 1. The molecule has 3 aromatic rings. The second-order valence-corrected chi connectivity index (χ2v) is 10.7. The fourth-order valence-corrected chi connectivity index (χ4v) is 6.04. The van der Waals surface area contributed by atoms with Crippen molar-refractivity contribution in [2.75, 3.05) is 44.1 Å². The van der Waals surface area contributed by atoms with Gasteiger partial charge in [0.25, 0.3) is 0 Å². The Kier molecular flexibility index (Phi) is 7.14. The summed E-state index contributed by atoms with van der Waals surface area (Å²) in [7, 11) is 1.60. The molecule has 11 heteroatoms. The largest absolute Gasteiger partial charge is 0.495 e. The Bertz CT molecular complexity index is 1430. The zero-order chi connectivity index (χ0) is 26.9. The van der Waals surface area contributed by atoms with Gasteiger partial charge in [-0.3, -0.25) is 10.00 Å². The number of anilines is 1. The Labute approximate surface area is 232 Å². The highest BCUT2D eigenvalue weighted by Gasteiger charge is 2.44. The molecule has 7 rings (SSSR count). The van der Waals surface area contributed by atoms with Gasteiger partial charge < -0.3 is 14.4 Å². The van der Waals surface area contributed by atoms with Crippen LogP contribution < -0.4 is 4.90 Å². The maximum absolute atomic E-state index is 5.91. The molecule has 3 unspecified atom stereocenters. The average Bonchev–Trinajstić information content (AvgIpc) is 3.56. The molecule has 7 heterocycles. The maximum atomic E-state index is 5.91. The number of pyridine rings is 1. The van der Waals surface area contributed by atoms with E-state index in [-0.39, 0.29) is 5.92 Å². The summed E-state index contributed by atoms with van der Waals surface area (Å²) in [6.07, 6.45) is 11.7. The van der Waals surface area contributed by atoms with E-state index in [0.717, 1.165) is 59.9 Å². The summed E-state index contributed by atoms with van der Waals surface area (Å²) in [5.74, 6) is 2.93. The topological polar surface area (TPSA) is 96.7 Å². The second kappa shape index (κ2) is 10.9.